The Morgan fingerprint density at radius 1 is 1.33 bits per heavy atom. The van der Waals surface area contributed by atoms with E-state index in [0.717, 1.165) is 6.07 Å². The van der Waals surface area contributed by atoms with Gasteiger partial charge < -0.3 is 9.84 Å². The Hall–Kier alpha value is -1.14. The van der Waals surface area contributed by atoms with Gasteiger partial charge in [-0.15, -0.1) is 0 Å². The van der Waals surface area contributed by atoms with E-state index in [-0.39, 0.29) is 18.6 Å². The lowest BCUT2D eigenvalue weighted by molar-refractivity contribution is -0.140. The summed E-state index contributed by atoms with van der Waals surface area (Å²) in [6.45, 7) is 2.46. The van der Waals surface area contributed by atoms with E-state index in [0.29, 0.717) is 18.7 Å². The van der Waals surface area contributed by atoms with Crippen LogP contribution in [0.3, 0.4) is 0 Å². The monoisotopic (exact) mass is 266 g/mol. The number of benzene rings is 1. The molecule has 0 aliphatic carbocycles. The van der Waals surface area contributed by atoms with Crippen LogP contribution in [0.2, 0.25) is 0 Å². The lowest BCUT2D eigenvalue weighted by Gasteiger charge is -2.14. The highest BCUT2D eigenvalue weighted by atomic mass is 19.4. The SMILES string of the molecule is CCOCCC(O)c1ccc(F)c(C(F)(F)F)c1. The first kappa shape index (κ1) is 14.9. The molecule has 0 spiro atoms. The minimum Gasteiger partial charge on any atom is -0.388 e. The van der Waals surface area contributed by atoms with E-state index in [4.69, 9.17) is 4.74 Å². The van der Waals surface area contributed by atoms with E-state index in [1.165, 1.54) is 0 Å². The average molecular weight is 266 g/mol. The smallest absolute Gasteiger partial charge is 0.388 e. The third-order valence-electron chi connectivity index (χ3n) is 2.42. The number of ether oxygens (including phenoxy) is 1. The molecule has 102 valence electrons. The van der Waals surface area contributed by atoms with Gasteiger partial charge in [0.25, 0.3) is 0 Å². The van der Waals surface area contributed by atoms with Gasteiger partial charge in [-0.1, -0.05) is 6.07 Å². The summed E-state index contributed by atoms with van der Waals surface area (Å²) >= 11 is 0. The summed E-state index contributed by atoms with van der Waals surface area (Å²) in [5.74, 6) is -1.34. The maximum Gasteiger partial charge on any atom is 0.419 e. The van der Waals surface area contributed by atoms with Gasteiger partial charge >= 0.3 is 6.18 Å². The van der Waals surface area contributed by atoms with E-state index in [2.05, 4.69) is 0 Å². The van der Waals surface area contributed by atoms with Crippen LogP contribution >= 0.6 is 0 Å². The zero-order valence-corrected chi connectivity index (χ0v) is 9.80. The molecule has 1 rings (SSSR count). The number of hydrogen-bond acceptors (Lipinski definition) is 2. The Morgan fingerprint density at radius 2 is 2.00 bits per heavy atom. The second kappa shape index (κ2) is 6.15. The van der Waals surface area contributed by atoms with Gasteiger partial charge in [-0.2, -0.15) is 13.2 Å². The molecule has 0 aliphatic rings. The summed E-state index contributed by atoms with van der Waals surface area (Å²) in [5.41, 5.74) is -1.33. The fraction of sp³-hybridized carbons (Fsp3) is 0.500. The van der Waals surface area contributed by atoms with Crippen LogP contribution in [0.4, 0.5) is 17.6 Å². The third kappa shape index (κ3) is 3.96. The van der Waals surface area contributed by atoms with Gasteiger partial charge in [-0.05, 0) is 24.6 Å². The van der Waals surface area contributed by atoms with Crippen molar-refractivity contribution < 1.29 is 27.4 Å². The number of halogens is 4. The van der Waals surface area contributed by atoms with Crippen molar-refractivity contribution in [1.82, 2.24) is 0 Å². The van der Waals surface area contributed by atoms with Crippen LogP contribution in [0.15, 0.2) is 18.2 Å². The molecular weight excluding hydrogens is 252 g/mol. The molecular formula is C12H14F4O2. The predicted molar refractivity (Wildman–Crippen MR) is 57.5 cm³/mol. The largest absolute Gasteiger partial charge is 0.419 e. The van der Waals surface area contributed by atoms with Crippen LogP contribution < -0.4 is 0 Å². The zero-order valence-electron chi connectivity index (χ0n) is 9.80. The number of rotatable bonds is 5. The van der Waals surface area contributed by atoms with E-state index >= 15 is 0 Å². The van der Waals surface area contributed by atoms with Gasteiger partial charge in [0.2, 0.25) is 0 Å². The minimum absolute atomic E-state index is 0.0310. The highest BCUT2D eigenvalue weighted by Gasteiger charge is 2.34. The zero-order chi connectivity index (χ0) is 13.8. The van der Waals surface area contributed by atoms with Crippen molar-refractivity contribution in [3.05, 3.63) is 35.1 Å². The molecule has 0 amide bonds. The Labute approximate surface area is 102 Å². The Kier molecular flexibility index (Phi) is 5.10. The Balaban J connectivity index is 2.84. The van der Waals surface area contributed by atoms with E-state index < -0.39 is 23.7 Å². The van der Waals surface area contributed by atoms with Crippen molar-refractivity contribution in [3.8, 4) is 0 Å². The van der Waals surface area contributed by atoms with Crippen molar-refractivity contribution >= 4 is 0 Å². The number of alkyl halides is 3. The summed E-state index contributed by atoms with van der Waals surface area (Å²) in [6, 6.07) is 2.48. The van der Waals surface area contributed by atoms with Gasteiger partial charge in [-0.3, -0.25) is 0 Å². The quantitative estimate of drug-likeness (QED) is 0.654. The molecule has 0 bridgehead atoms. The van der Waals surface area contributed by atoms with Crippen molar-refractivity contribution in [3.63, 3.8) is 0 Å². The molecule has 1 aromatic carbocycles. The topological polar surface area (TPSA) is 29.5 Å². The standard InChI is InChI=1S/C12H14F4O2/c1-2-18-6-5-11(17)8-3-4-10(13)9(7-8)12(14,15)16/h3-4,7,11,17H,2,5-6H2,1H3. The van der Waals surface area contributed by atoms with Crippen molar-refractivity contribution in [2.75, 3.05) is 13.2 Å². The normalized spacial score (nSPS) is 13.7. The van der Waals surface area contributed by atoms with Crippen LogP contribution in [0, 0.1) is 5.82 Å². The van der Waals surface area contributed by atoms with E-state index in [1.807, 2.05) is 0 Å². The molecule has 1 unspecified atom stereocenters. The maximum atomic E-state index is 13.0. The summed E-state index contributed by atoms with van der Waals surface area (Å²) in [4.78, 5) is 0. The van der Waals surface area contributed by atoms with Crippen LogP contribution in [0.1, 0.15) is 30.6 Å². The molecule has 0 heterocycles. The van der Waals surface area contributed by atoms with Gasteiger partial charge in [0.15, 0.2) is 0 Å². The van der Waals surface area contributed by atoms with Crippen molar-refractivity contribution in [2.24, 2.45) is 0 Å². The van der Waals surface area contributed by atoms with E-state index in [9.17, 15) is 22.7 Å². The maximum absolute atomic E-state index is 13.0. The number of aliphatic hydroxyl groups is 1. The molecule has 2 nitrogen and oxygen atoms in total. The summed E-state index contributed by atoms with van der Waals surface area (Å²) < 4.78 is 55.4. The van der Waals surface area contributed by atoms with Gasteiger partial charge in [0, 0.05) is 19.6 Å². The lowest BCUT2D eigenvalue weighted by atomic mass is 10.0. The molecule has 0 aliphatic heterocycles. The third-order valence-corrected chi connectivity index (χ3v) is 2.42. The van der Waals surface area contributed by atoms with Crippen LogP contribution in [-0.4, -0.2) is 18.3 Å². The number of hydrogen-bond donors (Lipinski definition) is 1. The highest BCUT2D eigenvalue weighted by Crippen LogP contribution is 2.33. The molecule has 0 radical (unpaired) electrons. The molecule has 0 aromatic heterocycles. The molecule has 0 saturated carbocycles. The molecule has 6 heteroatoms. The summed E-state index contributed by atoms with van der Waals surface area (Å²) in [6.07, 6.45) is -5.70. The molecule has 1 aromatic rings. The van der Waals surface area contributed by atoms with Gasteiger partial charge in [0.1, 0.15) is 5.82 Å². The predicted octanol–water partition coefficient (Wildman–Crippen LogP) is 3.30. The fourth-order valence-corrected chi connectivity index (χ4v) is 1.47. The van der Waals surface area contributed by atoms with Crippen LogP contribution in [0.25, 0.3) is 0 Å². The molecule has 0 saturated heterocycles. The summed E-state index contributed by atoms with van der Waals surface area (Å²) in [5, 5.41) is 9.66. The average Bonchev–Trinajstić information content (AvgIpc) is 2.28. The van der Waals surface area contributed by atoms with Gasteiger partial charge in [0.05, 0.1) is 11.7 Å². The van der Waals surface area contributed by atoms with Crippen molar-refractivity contribution in [1.29, 1.82) is 0 Å². The Morgan fingerprint density at radius 3 is 2.56 bits per heavy atom. The van der Waals surface area contributed by atoms with Gasteiger partial charge in [-0.25, -0.2) is 4.39 Å². The van der Waals surface area contributed by atoms with Crippen LogP contribution in [0.5, 0.6) is 0 Å². The lowest BCUT2D eigenvalue weighted by Crippen LogP contribution is -2.10. The second-order valence-corrected chi connectivity index (χ2v) is 3.74. The van der Waals surface area contributed by atoms with Crippen molar-refractivity contribution in [2.45, 2.75) is 25.6 Å². The summed E-state index contributed by atoms with van der Waals surface area (Å²) in [7, 11) is 0. The second-order valence-electron chi connectivity index (χ2n) is 3.74. The molecule has 1 N–H and O–H groups in total. The highest BCUT2D eigenvalue weighted by molar-refractivity contribution is 5.28. The first-order valence-electron chi connectivity index (χ1n) is 5.48. The molecule has 18 heavy (non-hydrogen) atoms. The molecule has 0 fully saturated rings. The molecule has 1 atom stereocenters. The Bertz CT molecular complexity index is 390. The fourth-order valence-electron chi connectivity index (χ4n) is 1.47. The minimum atomic E-state index is -4.76. The first-order chi connectivity index (χ1) is 8.36. The number of aliphatic hydroxyl groups excluding tert-OH is 1. The van der Waals surface area contributed by atoms with E-state index in [1.54, 1.807) is 6.92 Å². The first-order valence-corrected chi connectivity index (χ1v) is 5.48. The van der Waals surface area contributed by atoms with Crippen LogP contribution in [-0.2, 0) is 10.9 Å².